The van der Waals surface area contributed by atoms with E-state index in [0.29, 0.717) is 26.7 Å². The van der Waals surface area contributed by atoms with Crippen molar-refractivity contribution >= 4 is 34.5 Å². The summed E-state index contributed by atoms with van der Waals surface area (Å²) in [5, 5.41) is 4.87. The van der Waals surface area contributed by atoms with Crippen LogP contribution in [-0.2, 0) is 0 Å². The third kappa shape index (κ3) is 2.09. The van der Waals surface area contributed by atoms with E-state index in [0.717, 1.165) is 0 Å². The first-order valence-corrected chi connectivity index (χ1v) is 6.19. The lowest BCUT2D eigenvalue weighted by atomic mass is 10.1. The van der Waals surface area contributed by atoms with Crippen LogP contribution in [0.1, 0.15) is 15.9 Å². The maximum absolute atomic E-state index is 12.4. The second-order valence-corrected chi connectivity index (χ2v) is 4.74. The monoisotopic (exact) mass is 291 g/mol. The molecule has 94 valence electrons. The highest BCUT2D eigenvalue weighted by atomic mass is 35.5. The predicted octanol–water partition coefficient (Wildman–Crippen LogP) is 3.27. The van der Waals surface area contributed by atoms with E-state index < -0.39 is 0 Å². The van der Waals surface area contributed by atoms with E-state index in [1.165, 1.54) is 6.20 Å². The molecule has 3 aromatic rings. The lowest BCUT2D eigenvalue weighted by molar-refractivity contribution is 0.104. The molecule has 0 N–H and O–H groups in total. The molecule has 6 heteroatoms. The molecule has 0 aliphatic heterocycles. The van der Waals surface area contributed by atoms with Crippen molar-refractivity contribution in [2.24, 2.45) is 0 Å². The summed E-state index contributed by atoms with van der Waals surface area (Å²) in [5.41, 5.74) is 1.60. The van der Waals surface area contributed by atoms with Gasteiger partial charge >= 0.3 is 0 Å². The van der Waals surface area contributed by atoms with Gasteiger partial charge in [-0.05, 0) is 18.2 Å². The number of ketones is 1. The van der Waals surface area contributed by atoms with Crippen LogP contribution in [0.15, 0.2) is 43.0 Å². The zero-order valence-corrected chi connectivity index (χ0v) is 11.1. The SMILES string of the molecule is O=C(c1ccc(Cl)c(Cl)c1)c1cnn2ccncc12. The molecule has 0 saturated heterocycles. The molecule has 19 heavy (non-hydrogen) atoms. The summed E-state index contributed by atoms with van der Waals surface area (Å²) in [5.74, 6) is -0.165. The first-order valence-electron chi connectivity index (χ1n) is 5.44. The molecule has 2 heterocycles. The Morgan fingerprint density at radius 1 is 1.16 bits per heavy atom. The Kier molecular flexibility index (Phi) is 2.97. The molecule has 0 spiro atoms. The zero-order valence-electron chi connectivity index (χ0n) is 9.55. The van der Waals surface area contributed by atoms with Crippen molar-refractivity contribution in [1.82, 2.24) is 14.6 Å². The topological polar surface area (TPSA) is 47.3 Å². The fourth-order valence-corrected chi connectivity index (χ4v) is 2.10. The van der Waals surface area contributed by atoms with Crippen LogP contribution in [0.5, 0.6) is 0 Å². The number of benzene rings is 1. The quantitative estimate of drug-likeness (QED) is 0.681. The predicted molar refractivity (Wildman–Crippen MR) is 72.9 cm³/mol. The number of nitrogens with zero attached hydrogens (tertiary/aromatic N) is 3. The summed E-state index contributed by atoms with van der Waals surface area (Å²) in [4.78, 5) is 16.4. The van der Waals surface area contributed by atoms with E-state index in [1.54, 1.807) is 41.3 Å². The number of hydrogen-bond acceptors (Lipinski definition) is 3. The Morgan fingerprint density at radius 2 is 2.00 bits per heavy atom. The van der Waals surface area contributed by atoms with Gasteiger partial charge in [0.05, 0.1) is 33.5 Å². The van der Waals surface area contributed by atoms with E-state index in [1.807, 2.05) is 0 Å². The highest BCUT2D eigenvalue weighted by molar-refractivity contribution is 6.42. The third-order valence-corrected chi connectivity index (χ3v) is 3.49. The highest BCUT2D eigenvalue weighted by Crippen LogP contribution is 2.24. The first kappa shape index (κ1) is 12.1. The number of aromatic nitrogens is 3. The molecular weight excluding hydrogens is 285 g/mol. The maximum Gasteiger partial charge on any atom is 0.196 e. The van der Waals surface area contributed by atoms with Crippen molar-refractivity contribution in [2.75, 3.05) is 0 Å². The van der Waals surface area contributed by atoms with E-state index in [9.17, 15) is 4.79 Å². The van der Waals surface area contributed by atoms with Gasteiger partial charge in [0.15, 0.2) is 5.78 Å². The largest absolute Gasteiger partial charge is 0.288 e. The maximum atomic E-state index is 12.4. The second-order valence-electron chi connectivity index (χ2n) is 3.92. The van der Waals surface area contributed by atoms with Gasteiger partial charge in [-0.1, -0.05) is 23.2 Å². The van der Waals surface area contributed by atoms with Gasteiger partial charge in [-0.2, -0.15) is 5.10 Å². The first-order chi connectivity index (χ1) is 9.16. The van der Waals surface area contributed by atoms with Gasteiger partial charge in [0.1, 0.15) is 0 Å². The van der Waals surface area contributed by atoms with Crippen LogP contribution >= 0.6 is 23.2 Å². The van der Waals surface area contributed by atoms with Crippen LogP contribution in [0.3, 0.4) is 0 Å². The van der Waals surface area contributed by atoms with Crippen LogP contribution in [0.4, 0.5) is 0 Å². The smallest absolute Gasteiger partial charge is 0.196 e. The summed E-state index contributed by atoms with van der Waals surface area (Å²) >= 11 is 11.8. The van der Waals surface area contributed by atoms with Crippen molar-refractivity contribution in [1.29, 1.82) is 0 Å². The minimum Gasteiger partial charge on any atom is -0.288 e. The number of fused-ring (bicyclic) bond motifs is 1. The minimum absolute atomic E-state index is 0.165. The summed E-state index contributed by atoms with van der Waals surface area (Å²) in [6, 6.07) is 4.78. The number of hydrogen-bond donors (Lipinski definition) is 0. The van der Waals surface area contributed by atoms with E-state index in [-0.39, 0.29) is 5.78 Å². The second kappa shape index (κ2) is 4.64. The number of carbonyl (C=O) groups excluding carboxylic acids is 1. The van der Waals surface area contributed by atoms with Gasteiger partial charge in [-0.3, -0.25) is 9.78 Å². The molecule has 0 aliphatic rings. The van der Waals surface area contributed by atoms with Gasteiger partial charge in [0, 0.05) is 18.0 Å². The molecule has 0 aliphatic carbocycles. The Hall–Kier alpha value is -1.91. The summed E-state index contributed by atoms with van der Waals surface area (Å²) < 4.78 is 1.59. The summed E-state index contributed by atoms with van der Waals surface area (Å²) in [6.07, 6.45) is 6.40. The van der Waals surface area contributed by atoms with Crippen LogP contribution < -0.4 is 0 Å². The lowest BCUT2D eigenvalue weighted by Crippen LogP contribution is -2.01. The molecule has 1 aromatic carbocycles. The fraction of sp³-hybridized carbons (Fsp3) is 0. The Morgan fingerprint density at radius 3 is 2.79 bits per heavy atom. The van der Waals surface area contributed by atoms with E-state index in [2.05, 4.69) is 10.1 Å². The zero-order chi connectivity index (χ0) is 13.4. The van der Waals surface area contributed by atoms with Crippen molar-refractivity contribution in [3.05, 3.63) is 64.2 Å². The lowest BCUT2D eigenvalue weighted by Gasteiger charge is -2.01. The molecule has 0 saturated carbocycles. The molecule has 0 bridgehead atoms. The molecule has 3 rings (SSSR count). The standard InChI is InChI=1S/C13H7Cl2N3O/c14-10-2-1-8(5-11(10)15)13(19)9-6-17-18-4-3-16-7-12(9)18/h1-7H. The molecule has 0 unspecified atom stereocenters. The van der Waals surface area contributed by atoms with Gasteiger partial charge in [0.2, 0.25) is 0 Å². The number of halogens is 2. The van der Waals surface area contributed by atoms with Gasteiger partial charge < -0.3 is 0 Å². The average molecular weight is 292 g/mol. The average Bonchev–Trinajstić information content (AvgIpc) is 2.85. The Labute approximate surface area is 118 Å². The van der Waals surface area contributed by atoms with Crippen molar-refractivity contribution < 1.29 is 4.79 Å². The van der Waals surface area contributed by atoms with E-state index >= 15 is 0 Å². The van der Waals surface area contributed by atoms with Crippen LogP contribution in [0.2, 0.25) is 10.0 Å². The van der Waals surface area contributed by atoms with Crippen LogP contribution in [0, 0.1) is 0 Å². The molecule has 0 amide bonds. The number of carbonyl (C=O) groups is 1. The highest BCUT2D eigenvalue weighted by Gasteiger charge is 2.15. The van der Waals surface area contributed by atoms with Crippen molar-refractivity contribution in [3.63, 3.8) is 0 Å². The molecule has 0 fully saturated rings. The van der Waals surface area contributed by atoms with Crippen LogP contribution in [-0.4, -0.2) is 20.4 Å². The van der Waals surface area contributed by atoms with E-state index in [4.69, 9.17) is 23.2 Å². The van der Waals surface area contributed by atoms with Crippen LogP contribution in [0.25, 0.3) is 5.52 Å². The fourth-order valence-electron chi connectivity index (χ4n) is 1.80. The molecular formula is C13H7Cl2N3O. The van der Waals surface area contributed by atoms with Gasteiger partial charge in [-0.15, -0.1) is 0 Å². The molecule has 2 aromatic heterocycles. The summed E-state index contributed by atoms with van der Waals surface area (Å²) in [6.45, 7) is 0. The van der Waals surface area contributed by atoms with Crippen molar-refractivity contribution in [2.45, 2.75) is 0 Å². The summed E-state index contributed by atoms with van der Waals surface area (Å²) in [7, 11) is 0. The molecule has 0 radical (unpaired) electrons. The Bertz CT molecular complexity index is 782. The van der Waals surface area contributed by atoms with Crippen molar-refractivity contribution in [3.8, 4) is 0 Å². The Balaban J connectivity index is 2.11. The molecule has 0 atom stereocenters. The normalized spacial score (nSPS) is 10.8. The third-order valence-electron chi connectivity index (χ3n) is 2.75. The number of rotatable bonds is 2. The van der Waals surface area contributed by atoms with Gasteiger partial charge in [-0.25, -0.2) is 4.52 Å². The minimum atomic E-state index is -0.165. The van der Waals surface area contributed by atoms with Gasteiger partial charge in [0.25, 0.3) is 0 Å². The molecule has 4 nitrogen and oxygen atoms in total.